The maximum Gasteiger partial charge on any atom is 0.311 e. The molecule has 0 atom stereocenters. The highest BCUT2D eigenvalue weighted by Crippen LogP contribution is 2.40. The van der Waals surface area contributed by atoms with Crippen molar-refractivity contribution in [2.75, 3.05) is 6.54 Å². The van der Waals surface area contributed by atoms with Crippen LogP contribution in [-0.2, 0) is 9.59 Å². The smallest absolute Gasteiger partial charge is 0.311 e. The summed E-state index contributed by atoms with van der Waals surface area (Å²) in [6.45, 7) is 4.30. The van der Waals surface area contributed by atoms with Crippen LogP contribution in [-0.4, -0.2) is 23.5 Å². The minimum absolute atomic E-state index is 0.0283. The summed E-state index contributed by atoms with van der Waals surface area (Å²) in [6, 6.07) is 0. The Morgan fingerprint density at radius 1 is 1.10 bits per heavy atom. The molecule has 2 fully saturated rings. The number of aliphatic carboxylic acids is 1. The quantitative estimate of drug-likeness (QED) is 0.817. The first-order chi connectivity index (χ1) is 9.88. The van der Waals surface area contributed by atoms with E-state index in [4.69, 9.17) is 0 Å². The van der Waals surface area contributed by atoms with E-state index in [-0.39, 0.29) is 17.9 Å². The highest BCUT2D eigenvalue weighted by Gasteiger charge is 2.42. The van der Waals surface area contributed by atoms with Gasteiger partial charge in [0.1, 0.15) is 0 Å². The van der Waals surface area contributed by atoms with Gasteiger partial charge < -0.3 is 10.4 Å². The summed E-state index contributed by atoms with van der Waals surface area (Å²) < 4.78 is 0. The van der Waals surface area contributed by atoms with Crippen molar-refractivity contribution in [2.24, 2.45) is 16.7 Å². The summed E-state index contributed by atoms with van der Waals surface area (Å²) in [4.78, 5) is 24.2. The minimum atomic E-state index is -0.749. The fraction of sp³-hybridized carbons (Fsp3) is 0.882. The van der Waals surface area contributed by atoms with Gasteiger partial charge in [0.25, 0.3) is 0 Å². The zero-order chi connectivity index (χ0) is 15.5. The molecule has 0 radical (unpaired) electrons. The van der Waals surface area contributed by atoms with E-state index >= 15 is 0 Å². The molecule has 0 aromatic carbocycles. The molecule has 0 aromatic heterocycles. The molecule has 120 valence electrons. The van der Waals surface area contributed by atoms with Crippen molar-refractivity contribution < 1.29 is 14.7 Å². The van der Waals surface area contributed by atoms with E-state index in [9.17, 15) is 14.7 Å². The number of rotatable bonds is 5. The summed E-state index contributed by atoms with van der Waals surface area (Å²) in [5, 5.41) is 12.5. The molecule has 2 aliphatic rings. The maximum atomic E-state index is 12.6. The van der Waals surface area contributed by atoms with Gasteiger partial charge in [0.15, 0.2) is 0 Å². The van der Waals surface area contributed by atoms with Gasteiger partial charge in [-0.05, 0) is 31.6 Å². The first-order valence-corrected chi connectivity index (χ1v) is 8.40. The molecule has 2 aliphatic carbocycles. The third-order valence-electron chi connectivity index (χ3n) is 5.81. The van der Waals surface area contributed by atoms with Gasteiger partial charge in [0.2, 0.25) is 5.91 Å². The van der Waals surface area contributed by atoms with E-state index in [1.807, 2.05) is 13.8 Å². The second kappa shape index (κ2) is 6.37. The van der Waals surface area contributed by atoms with Crippen LogP contribution in [0.4, 0.5) is 0 Å². The molecular formula is C17H29NO3. The Labute approximate surface area is 127 Å². The summed E-state index contributed by atoms with van der Waals surface area (Å²) >= 11 is 0. The van der Waals surface area contributed by atoms with E-state index in [2.05, 4.69) is 5.32 Å². The third kappa shape index (κ3) is 3.41. The summed E-state index contributed by atoms with van der Waals surface area (Å²) in [6.07, 6.45) is 9.04. The lowest BCUT2D eigenvalue weighted by Gasteiger charge is -2.36. The van der Waals surface area contributed by atoms with Gasteiger partial charge in [0.05, 0.1) is 5.41 Å². The van der Waals surface area contributed by atoms with Crippen LogP contribution < -0.4 is 5.32 Å². The van der Waals surface area contributed by atoms with Crippen molar-refractivity contribution >= 4 is 11.9 Å². The summed E-state index contributed by atoms with van der Waals surface area (Å²) in [5.41, 5.74) is -1.12. The zero-order valence-electron chi connectivity index (χ0n) is 13.4. The topological polar surface area (TPSA) is 66.4 Å². The summed E-state index contributed by atoms with van der Waals surface area (Å²) in [7, 11) is 0. The number of carbonyl (C=O) groups is 2. The normalized spacial score (nSPS) is 23.0. The van der Waals surface area contributed by atoms with Gasteiger partial charge in [-0.3, -0.25) is 9.59 Å². The van der Waals surface area contributed by atoms with Gasteiger partial charge in [-0.1, -0.05) is 46.0 Å². The van der Waals surface area contributed by atoms with Crippen LogP contribution in [0.5, 0.6) is 0 Å². The lowest BCUT2D eigenvalue weighted by Crippen LogP contribution is -2.49. The predicted octanol–water partition coefficient (Wildman–Crippen LogP) is 3.35. The second-order valence-corrected chi connectivity index (χ2v) is 7.53. The van der Waals surface area contributed by atoms with Crippen molar-refractivity contribution in [1.82, 2.24) is 5.32 Å². The second-order valence-electron chi connectivity index (χ2n) is 7.53. The zero-order valence-corrected chi connectivity index (χ0v) is 13.4. The van der Waals surface area contributed by atoms with Crippen LogP contribution in [0.15, 0.2) is 0 Å². The molecule has 2 saturated carbocycles. The van der Waals surface area contributed by atoms with Crippen molar-refractivity contribution in [3.63, 3.8) is 0 Å². The Morgan fingerprint density at radius 3 is 2.19 bits per heavy atom. The molecule has 21 heavy (non-hydrogen) atoms. The van der Waals surface area contributed by atoms with Crippen molar-refractivity contribution in [2.45, 2.75) is 71.6 Å². The average molecular weight is 295 g/mol. The molecule has 0 unspecified atom stereocenters. The number of carbonyl (C=O) groups excluding carboxylic acids is 1. The van der Waals surface area contributed by atoms with Crippen LogP contribution in [0.1, 0.15) is 71.6 Å². The molecular weight excluding hydrogens is 266 g/mol. The Kier molecular flexibility index (Phi) is 4.95. The van der Waals surface area contributed by atoms with Crippen LogP contribution in [0.25, 0.3) is 0 Å². The Hall–Kier alpha value is -1.06. The number of hydrogen-bond acceptors (Lipinski definition) is 2. The Morgan fingerprint density at radius 2 is 1.67 bits per heavy atom. The average Bonchev–Trinajstić information content (AvgIpc) is 3.00. The molecule has 2 rings (SSSR count). The molecule has 0 bridgehead atoms. The van der Waals surface area contributed by atoms with Gasteiger partial charge in [-0.15, -0.1) is 0 Å². The predicted molar refractivity (Wildman–Crippen MR) is 81.9 cm³/mol. The van der Waals surface area contributed by atoms with Crippen LogP contribution in [0, 0.1) is 16.7 Å². The number of carboxylic acid groups (broad SMARTS) is 1. The van der Waals surface area contributed by atoms with Crippen LogP contribution in [0.2, 0.25) is 0 Å². The molecule has 2 N–H and O–H groups in total. The van der Waals surface area contributed by atoms with Crippen LogP contribution in [0.3, 0.4) is 0 Å². The molecule has 1 amide bonds. The number of amides is 1. The Bertz CT molecular complexity index is 391. The van der Waals surface area contributed by atoms with E-state index in [1.54, 1.807) is 0 Å². The molecule has 0 heterocycles. The van der Waals surface area contributed by atoms with Gasteiger partial charge in [-0.2, -0.15) is 0 Å². The molecule has 4 nitrogen and oxygen atoms in total. The molecule has 0 saturated heterocycles. The van der Waals surface area contributed by atoms with Crippen molar-refractivity contribution in [3.8, 4) is 0 Å². The SMILES string of the molecule is CC(C)(C(=O)NCC1(C(=O)O)CCCCC1)C1CCCC1. The Balaban J connectivity index is 1.96. The molecule has 0 aliphatic heterocycles. The largest absolute Gasteiger partial charge is 0.481 e. The number of nitrogens with one attached hydrogen (secondary N) is 1. The minimum Gasteiger partial charge on any atom is -0.481 e. The van der Waals surface area contributed by atoms with E-state index in [1.165, 1.54) is 12.8 Å². The first kappa shape index (κ1) is 16.3. The number of hydrogen-bond donors (Lipinski definition) is 2. The third-order valence-corrected chi connectivity index (χ3v) is 5.81. The fourth-order valence-corrected chi connectivity index (χ4v) is 4.00. The lowest BCUT2D eigenvalue weighted by atomic mass is 9.73. The van der Waals surface area contributed by atoms with E-state index < -0.39 is 11.4 Å². The monoisotopic (exact) mass is 295 g/mol. The molecule has 4 heteroatoms. The maximum absolute atomic E-state index is 12.6. The van der Waals surface area contributed by atoms with Gasteiger partial charge in [0, 0.05) is 12.0 Å². The van der Waals surface area contributed by atoms with Gasteiger partial charge >= 0.3 is 5.97 Å². The van der Waals surface area contributed by atoms with Crippen molar-refractivity contribution in [1.29, 1.82) is 0 Å². The molecule has 0 spiro atoms. The van der Waals surface area contributed by atoms with Crippen LogP contribution >= 0.6 is 0 Å². The molecule has 0 aromatic rings. The standard InChI is InChI=1S/C17H29NO3/c1-16(2,13-8-4-5-9-13)14(19)18-12-17(15(20)21)10-6-3-7-11-17/h13H,3-12H2,1-2H3,(H,18,19)(H,20,21). The first-order valence-electron chi connectivity index (χ1n) is 8.40. The summed E-state index contributed by atoms with van der Waals surface area (Å²) in [5.74, 6) is -0.286. The lowest BCUT2D eigenvalue weighted by molar-refractivity contribution is -0.151. The number of carboxylic acids is 1. The van der Waals surface area contributed by atoms with Crippen molar-refractivity contribution in [3.05, 3.63) is 0 Å². The van der Waals surface area contributed by atoms with Gasteiger partial charge in [-0.25, -0.2) is 0 Å². The highest BCUT2D eigenvalue weighted by atomic mass is 16.4. The highest BCUT2D eigenvalue weighted by molar-refractivity contribution is 5.83. The van der Waals surface area contributed by atoms with E-state index in [0.717, 1.165) is 32.1 Å². The fourth-order valence-electron chi connectivity index (χ4n) is 4.00. The van der Waals surface area contributed by atoms with E-state index in [0.29, 0.717) is 18.8 Å².